The highest BCUT2D eigenvalue weighted by atomic mass is 32.1. The van der Waals surface area contributed by atoms with Gasteiger partial charge >= 0.3 is 0 Å². The molecule has 3 aromatic rings. The highest BCUT2D eigenvalue weighted by Gasteiger charge is 2.35. The van der Waals surface area contributed by atoms with E-state index in [0.29, 0.717) is 27.0 Å². The Morgan fingerprint density at radius 3 is 2.35 bits per heavy atom. The monoisotopic (exact) mass is 436 g/mol. The van der Waals surface area contributed by atoms with Gasteiger partial charge in [-0.05, 0) is 36.2 Å². The lowest BCUT2D eigenvalue weighted by molar-refractivity contribution is -0.116. The summed E-state index contributed by atoms with van der Waals surface area (Å²) in [4.78, 5) is 38.2. The number of anilines is 1. The van der Waals surface area contributed by atoms with Crippen molar-refractivity contribution in [1.82, 2.24) is 15.1 Å². The van der Waals surface area contributed by atoms with Crippen LogP contribution in [0.1, 0.15) is 44.6 Å². The number of aryl methyl sites for hydroxylation is 1. The lowest BCUT2D eigenvalue weighted by atomic mass is 10.1. The normalized spacial score (nSPS) is 12.7. The van der Waals surface area contributed by atoms with E-state index in [-0.39, 0.29) is 37.3 Å². The van der Waals surface area contributed by atoms with Crippen LogP contribution in [-0.2, 0) is 17.8 Å². The molecule has 158 valence electrons. The number of hydrogen-bond acceptors (Lipinski definition) is 7. The van der Waals surface area contributed by atoms with Crippen LogP contribution >= 0.6 is 11.3 Å². The van der Waals surface area contributed by atoms with E-state index in [1.165, 1.54) is 5.56 Å². The van der Waals surface area contributed by atoms with Crippen molar-refractivity contribution in [2.75, 3.05) is 11.9 Å². The molecule has 2 heterocycles. The van der Waals surface area contributed by atoms with E-state index < -0.39 is 0 Å². The van der Waals surface area contributed by atoms with Crippen LogP contribution in [-0.4, -0.2) is 39.4 Å². The molecular formula is C22H20N4O4S. The summed E-state index contributed by atoms with van der Waals surface area (Å²) in [6.45, 7) is 2.33. The second-order valence-electron chi connectivity index (χ2n) is 6.89. The zero-order valence-corrected chi connectivity index (χ0v) is 17.6. The van der Waals surface area contributed by atoms with Gasteiger partial charge in [0.15, 0.2) is 0 Å². The Hall–Kier alpha value is -3.59. The van der Waals surface area contributed by atoms with Gasteiger partial charge in [-0.15, -0.1) is 10.2 Å². The van der Waals surface area contributed by atoms with E-state index in [0.717, 1.165) is 22.7 Å². The third kappa shape index (κ3) is 4.61. The minimum Gasteiger partial charge on any atom is -0.493 e. The van der Waals surface area contributed by atoms with E-state index in [4.69, 9.17) is 4.74 Å². The number of hydrogen-bond donors (Lipinski definition) is 1. The molecule has 0 saturated carbocycles. The van der Waals surface area contributed by atoms with Crippen molar-refractivity contribution in [2.24, 2.45) is 0 Å². The third-order valence-electron chi connectivity index (χ3n) is 4.81. The van der Waals surface area contributed by atoms with Gasteiger partial charge in [-0.25, -0.2) is 0 Å². The summed E-state index contributed by atoms with van der Waals surface area (Å²) in [5.41, 5.74) is 1.99. The Morgan fingerprint density at radius 1 is 1.03 bits per heavy atom. The molecule has 0 aliphatic carbocycles. The number of nitrogens with zero attached hydrogens (tertiary/aromatic N) is 3. The summed E-state index contributed by atoms with van der Waals surface area (Å²) >= 11 is 1.12. The molecule has 31 heavy (non-hydrogen) atoms. The van der Waals surface area contributed by atoms with E-state index in [1.54, 1.807) is 24.3 Å². The summed E-state index contributed by atoms with van der Waals surface area (Å²) < 4.78 is 5.59. The number of imide groups is 1. The maximum Gasteiger partial charge on any atom is 0.261 e. The van der Waals surface area contributed by atoms with Gasteiger partial charge in [0.2, 0.25) is 11.0 Å². The molecule has 9 heteroatoms. The highest BCUT2D eigenvalue weighted by molar-refractivity contribution is 7.15. The van der Waals surface area contributed by atoms with Crippen molar-refractivity contribution in [3.63, 3.8) is 0 Å². The van der Waals surface area contributed by atoms with Crippen molar-refractivity contribution >= 4 is 34.2 Å². The summed E-state index contributed by atoms with van der Waals surface area (Å²) in [5, 5.41) is 11.3. The summed E-state index contributed by atoms with van der Waals surface area (Å²) in [5.74, 6) is -0.256. The molecule has 2 aromatic carbocycles. The predicted octanol–water partition coefficient (Wildman–Crippen LogP) is 3.30. The highest BCUT2D eigenvalue weighted by Crippen LogP contribution is 2.26. The van der Waals surface area contributed by atoms with E-state index >= 15 is 0 Å². The number of fused-ring (bicyclic) bond motifs is 1. The summed E-state index contributed by atoms with van der Waals surface area (Å²) in [7, 11) is 0. The van der Waals surface area contributed by atoms with Gasteiger partial charge in [-0.3, -0.25) is 19.3 Å². The number of benzene rings is 2. The van der Waals surface area contributed by atoms with Crippen LogP contribution in [0.15, 0.2) is 48.5 Å². The van der Waals surface area contributed by atoms with Crippen LogP contribution < -0.4 is 10.1 Å². The number of nitrogens with one attached hydrogen (secondary N) is 1. The molecule has 1 aliphatic heterocycles. The maximum absolute atomic E-state index is 12.4. The number of amides is 3. The lowest BCUT2D eigenvalue weighted by Gasteiger charge is -2.10. The zero-order valence-electron chi connectivity index (χ0n) is 16.8. The van der Waals surface area contributed by atoms with Crippen LogP contribution in [0.4, 0.5) is 5.13 Å². The SMILES string of the molecule is CCc1ccc(OCCC(=O)Nc2nnc(CN3C(=O)c4ccccc4C3=O)s2)cc1. The van der Waals surface area contributed by atoms with Gasteiger partial charge in [0.1, 0.15) is 10.8 Å². The Labute approximate surface area is 182 Å². The summed E-state index contributed by atoms with van der Waals surface area (Å²) in [6, 6.07) is 14.4. The van der Waals surface area contributed by atoms with Crippen LogP contribution in [0.25, 0.3) is 0 Å². The zero-order chi connectivity index (χ0) is 21.8. The topological polar surface area (TPSA) is 101 Å². The van der Waals surface area contributed by atoms with Crippen molar-refractivity contribution in [1.29, 1.82) is 0 Å². The van der Waals surface area contributed by atoms with E-state index in [2.05, 4.69) is 22.4 Å². The average Bonchev–Trinajstić information content (AvgIpc) is 3.32. The standard InChI is InChI=1S/C22H20N4O4S/c1-2-14-7-9-15(10-8-14)30-12-11-18(27)23-22-25-24-19(31-22)13-26-20(28)16-5-3-4-6-17(16)21(26)29/h3-10H,2,11-13H2,1H3,(H,23,25,27). The molecule has 0 bridgehead atoms. The minimum absolute atomic E-state index is 0.0107. The first-order valence-corrected chi connectivity index (χ1v) is 10.7. The van der Waals surface area contributed by atoms with Crippen molar-refractivity contribution in [3.8, 4) is 5.75 Å². The first-order chi connectivity index (χ1) is 15.0. The quantitative estimate of drug-likeness (QED) is 0.544. The van der Waals surface area contributed by atoms with Gasteiger partial charge in [0, 0.05) is 0 Å². The molecule has 1 aliphatic rings. The smallest absolute Gasteiger partial charge is 0.261 e. The molecule has 4 rings (SSSR count). The molecule has 0 radical (unpaired) electrons. The van der Waals surface area contributed by atoms with Gasteiger partial charge in [0.05, 0.1) is 30.7 Å². The van der Waals surface area contributed by atoms with Crippen molar-refractivity contribution in [2.45, 2.75) is 26.3 Å². The minimum atomic E-state index is -0.356. The molecule has 0 unspecified atom stereocenters. The van der Waals surface area contributed by atoms with E-state index in [1.807, 2.05) is 24.3 Å². The number of carbonyl (C=O) groups is 3. The Bertz CT molecular complexity index is 1090. The fourth-order valence-electron chi connectivity index (χ4n) is 3.15. The Balaban J connectivity index is 1.27. The number of carbonyl (C=O) groups excluding carboxylic acids is 3. The van der Waals surface area contributed by atoms with Crippen LogP contribution in [0, 0.1) is 0 Å². The lowest BCUT2D eigenvalue weighted by Crippen LogP contribution is -2.29. The maximum atomic E-state index is 12.4. The average molecular weight is 436 g/mol. The van der Waals surface area contributed by atoms with Crippen molar-refractivity contribution in [3.05, 3.63) is 70.2 Å². The predicted molar refractivity (Wildman–Crippen MR) is 115 cm³/mol. The second-order valence-corrected chi connectivity index (χ2v) is 7.95. The Morgan fingerprint density at radius 2 is 1.71 bits per heavy atom. The molecule has 3 amide bonds. The molecule has 0 fully saturated rings. The molecular weight excluding hydrogens is 416 g/mol. The number of aromatic nitrogens is 2. The molecule has 0 saturated heterocycles. The van der Waals surface area contributed by atoms with Gasteiger partial charge < -0.3 is 10.1 Å². The van der Waals surface area contributed by atoms with Crippen LogP contribution in [0.3, 0.4) is 0 Å². The molecule has 0 atom stereocenters. The van der Waals surface area contributed by atoms with Gasteiger partial charge in [-0.2, -0.15) is 0 Å². The summed E-state index contributed by atoms with van der Waals surface area (Å²) in [6.07, 6.45) is 1.11. The van der Waals surface area contributed by atoms with Crippen LogP contribution in [0.5, 0.6) is 5.75 Å². The first kappa shape index (κ1) is 20.7. The third-order valence-corrected chi connectivity index (χ3v) is 5.64. The fourth-order valence-corrected chi connectivity index (χ4v) is 3.90. The largest absolute Gasteiger partial charge is 0.493 e. The first-order valence-electron chi connectivity index (χ1n) is 9.84. The van der Waals surface area contributed by atoms with E-state index in [9.17, 15) is 14.4 Å². The number of rotatable bonds is 8. The van der Waals surface area contributed by atoms with Crippen molar-refractivity contribution < 1.29 is 19.1 Å². The van der Waals surface area contributed by atoms with Crippen LogP contribution in [0.2, 0.25) is 0 Å². The molecule has 1 N–H and O–H groups in total. The number of ether oxygens (including phenoxy) is 1. The Kier molecular flexibility index (Phi) is 6.03. The molecule has 0 spiro atoms. The van der Waals surface area contributed by atoms with Gasteiger partial charge in [0.25, 0.3) is 11.8 Å². The molecule has 8 nitrogen and oxygen atoms in total. The van der Waals surface area contributed by atoms with Gasteiger partial charge in [-0.1, -0.05) is 42.5 Å². The second kappa shape index (κ2) is 9.05. The fraction of sp³-hybridized carbons (Fsp3) is 0.227. The molecule has 1 aromatic heterocycles.